The van der Waals surface area contributed by atoms with E-state index < -0.39 is 5.97 Å². The van der Waals surface area contributed by atoms with Crippen molar-refractivity contribution < 1.29 is 9.90 Å². The number of carboxylic acids is 1. The van der Waals surface area contributed by atoms with Crippen LogP contribution in [0.5, 0.6) is 0 Å². The Morgan fingerprint density at radius 3 is 2.76 bits per heavy atom. The standard InChI is InChI=1S/C13H16ClNO2/c1-7-3-10(8(2)11(14)4-7)12-5-9(6-15-12)13(16)17/h3-4,9,12,15H,5-6H2,1-2H3,(H,16,17). The average molecular weight is 254 g/mol. The first kappa shape index (κ1) is 12.4. The minimum atomic E-state index is -0.726. The van der Waals surface area contributed by atoms with Crippen molar-refractivity contribution in [3.05, 3.63) is 33.8 Å². The fraction of sp³-hybridized carbons (Fsp3) is 0.462. The van der Waals surface area contributed by atoms with Crippen molar-refractivity contribution in [2.75, 3.05) is 6.54 Å². The summed E-state index contributed by atoms with van der Waals surface area (Å²) in [7, 11) is 0. The number of carbonyl (C=O) groups is 1. The Bertz CT molecular complexity index is 459. The Morgan fingerprint density at radius 2 is 2.18 bits per heavy atom. The Labute approximate surface area is 106 Å². The second kappa shape index (κ2) is 4.67. The molecule has 2 N–H and O–H groups in total. The summed E-state index contributed by atoms with van der Waals surface area (Å²) in [4.78, 5) is 10.9. The molecule has 1 aromatic rings. The van der Waals surface area contributed by atoms with Crippen molar-refractivity contribution in [2.24, 2.45) is 5.92 Å². The predicted molar refractivity (Wildman–Crippen MR) is 67.4 cm³/mol. The highest BCUT2D eigenvalue weighted by molar-refractivity contribution is 6.31. The molecular formula is C13H16ClNO2. The second-order valence-corrected chi connectivity index (χ2v) is 5.10. The topological polar surface area (TPSA) is 49.3 Å². The number of hydrogen-bond donors (Lipinski definition) is 2. The first-order valence-electron chi connectivity index (χ1n) is 5.72. The van der Waals surface area contributed by atoms with E-state index in [1.807, 2.05) is 19.9 Å². The predicted octanol–water partition coefficient (Wildman–Crippen LogP) is 2.69. The van der Waals surface area contributed by atoms with Crippen molar-refractivity contribution in [2.45, 2.75) is 26.3 Å². The van der Waals surface area contributed by atoms with Crippen molar-refractivity contribution in [3.8, 4) is 0 Å². The van der Waals surface area contributed by atoms with E-state index in [-0.39, 0.29) is 12.0 Å². The number of hydrogen-bond acceptors (Lipinski definition) is 2. The molecule has 1 heterocycles. The van der Waals surface area contributed by atoms with Crippen molar-refractivity contribution >= 4 is 17.6 Å². The third-order valence-electron chi connectivity index (χ3n) is 3.38. The first-order valence-corrected chi connectivity index (χ1v) is 6.09. The van der Waals surface area contributed by atoms with Gasteiger partial charge in [0, 0.05) is 17.6 Å². The monoisotopic (exact) mass is 253 g/mol. The van der Waals surface area contributed by atoms with Gasteiger partial charge in [-0.15, -0.1) is 0 Å². The smallest absolute Gasteiger partial charge is 0.307 e. The zero-order valence-electron chi connectivity index (χ0n) is 9.96. The molecule has 1 aliphatic heterocycles. The van der Waals surface area contributed by atoms with E-state index in [9.17, 15) is 4.79 Å². The minimum absolute atomic E-state index is 0.105. The van der Waals surface area contributed by atoms with Gasteiger partial charge in [-0.2, -0.15) is 0 Å². The van der Waals surface area contributed by atoms with E-state index in [0.29, 0.717) is 13.0 Å². The average Bonchev–Trinajstić information content (AvgIpc) is 2.72. The maximum atomic E-state index is 10.9. The molecule has 4 heteroatoms. The number of aryl methyl sites for hydroxylation is 1. The summed E-state index contributed by atoms with van der Waals surface area (Å²) in [6, 6.07) is 4.13. The summed E-state index contributed by atoms with van der Waals surface area (Å²) in [5.41, 5.74) is 3.27. The highest BCUT2D eigenvalue weighted by atomic mass is 35.5. The van der Waals surface area contributed by atoms with Gasteiger partial charge in [-0.25, -0.2) is 0 Å². The molecule has 0 saturated carbocycles. The van der Waals surface area contributed by atoms with Crippen LogP contribution in [0.15, 0.2) is 12.1 Å². The van der Waals surface area contributed by atoms with Gasteiger partial charge in [0.15, 0.2) is 0 Å². The number of halogens is 1. The van der Waals surface area contributed by atoms with Crippen LogP contribution in [0.3, 0.4) is 0 Å². The fourth-order valence-electron chi connectivity index (χ4n) is 2.36. The number of rotatable bonds is 2. The fourth-order valence-corrected chi connectivity index (χ4v) is 2.65. The molecular weight excluding hydrogens is 238 g/mol. The summed E-state index contributed by atoms with van der Waals surface area (Å²) < 4.78 is 0. The van der Waals surface area contributed by atoms with Gasteiger partial charge < -0.3 is 10.4 Å². The quantitative estimate of drug-likeness (QED) is 0.852. The van der Waals surface area contributed by atoms with Crippen LogP contribution >= 0.6 is 11.6 Å². The molecule has 0 radical (unpaired) electrons. The Hall–Kier alpha value is -1.06. The molecule has 2 atom stereocenters. The lowest BCUT2D eigenvalue weighted by atomic mass is 9.95. The van der Waals surface area contributed by atoms with Gasteiger partial charge in [0.2, 0.25) is 0 Å². The number of aliphatic carboxylic acids is 1. The molecule has 0 aromatic heterocycles. The molecule has 1 fully saturated rings. The van der Waals surface area contributed by atoms with Crippen LogP contribution in [0.4, 0.5) is 0 Å². The van der Waals surface area contributed by atoms with E-state index in [4.69, 9.17) is 16.7 Å². The van der Waals surface area contributed by atoms with Crippen molar-refractivity contribution in [1.82, 2.24) is 5.32 Å². The van der Waals surface area contributed by atoms with E-state index in [1.165, 1.54) is 0 Å². The third-order valence-corrected chi connectivity index (χ3v) is 3.78. The van der Waals surface area contributed by atoms with Crippen LogP contribution in [-0.4, -0.2) is 17.6 Å². The first-order chi connectivity index (χ1) is 7.99. The zero-order valence-corrected chi connectivity index (χ0v) is 10.7. The van der Waals surface area contributed by atoms with Gasteiger partial charge >= 0.3 is 5.97 Å². The van der Waals surface area contributed by atoms with E-state index in [0.717, 1.165) is 21.7 Å². The Balaban J connectivity index is 2.27. The molecule has 2 rings (SSSR count). The maximum Gasteiger partial charge on any atom is 0.307 e. The van der Waals surface area contributed by atoms with Crippen LogP contribution in [-0.2, 0) is 4.79 Å². The summed E-state index contributed by atoms with van der Waals surface area (Å²) in [5, 5.41) is 13.0. The van der Waals surface area contributed by atoms with E-state index >= 15 is 0 Å². The van der Waals surface area contributed by atoms with Gasteiger partial charge in [0.05, 0.1) is 5.92 Å². The van der Waals surface area contributed by atoms with Crippen LogP contribution < -0.4 is 5.32 Å². The summed E-state index contributed by atoms with van der Waals surface area (Å²) in [6.45, 7) is 4.51. The lowest BCUT2D eigenvalue weighted by Crippen LogP contribution is -2.17. The Morgan fingerprint density at radius 1 is 1.47 bits per heavy atom. The highest BCUT2D eigenvalue weighted by Gasteiger charge is 2.31. The van der Waals surface area contributed by atoms with Gasteiger partial charge in [-0.1, -0.05) is 17.7 Å². The molecule has 1 aromatic carbocycles. The largest absolute Gasteiger partial charge is 0.481 e. The summed E-state index contributed by atoms with van der Waals surface area (Å²) in [6.07, 6.45) is 0.635. The van der Waals surface area contributed by atoms with Gasteiger partial charge in [-0.3, -0.25) is 4.79 Å². The molecule has 1 aliphatic rings. The zero-order chi connectivity index (χ0) is 12.6. The molecule has 2 unspecified atom stereocenters. The third kappa shape index (κ3) is 2.45. The van der Waals surface area contributed by atoms with Crippen LogP contribution in [0, 0.1) is 19.8 Å². The summed E-state index contributed by atoms with van der Waals surface area (Å²) in [5.74, 6) is -1.02. The lowest BCUT2D eigenvalue weighted by Gasteiger charge is -2.16. The maximum absolute atomic E-state index is 10.9. The molecule has 0 bridgehead atoms. The molecule has 0 amide bonds. The molecule has 92 valence electrons. The number of benzene rings is 1. The molecule has 0 spiro atoms. The van der Waals surface area contributed by atoms with Crippen molar-refractivity contribution in [3.63, 3.8) is 0 Å². The normalized spacial score (nSPS) is 23.9. The molecule has 3 nitrogen and oxygen atoms in total. The minimum Gasteiger partial charge on any atom is -0.481 e. The second-order valence-electron chi connectivity index (χ2n) is 4.69. The van der Waals surface area contributed by atoms with E-state index in [2.05, 4.69) is 11.4 Å². The van der Waals surface area contributed by atoms with Crippen LogP contribution in [0.25, 0.3) is 0 Å². The van der Waals surface area contributed by atoms with Crippen LogP contribution in [0.1, 0.15) is 29.2 Å². The molecule has 1 saturated heterocycles. The van der Waals surface area contributed by atoms with Gasteiger partial charge in [0.1, 0.15) is 0 Å². The Kier molecular flexibility index (Phi) is 3.40. The van der Waals surface area contributed by atoms with Gasteiger partial charge in [-0.05, 0) is 43.0 Å². The lowest BCUT2D eigenvalue weighted by molar-refractivity contribution is -0.141. The molecule has 17 heavy (non-hydrogen) atoms. The summed E-state index contributed by atoms with van der Waals surface area (Å²) >= 11 is 6.15. The highest BCUT2D eigenvalue weighted by Crippen LogP contribution is 2.32. The molecule has 0 aliphatic carbocycles. The SMILES string of the molecule is Cc1cc(Cl)c(C)c(C2CC(C(=O)O)CN2)c1. The number of nitrogens with one attached hydrogen (secondary N) is 1. The van der Waals surface area contributed by atoms with E-state index in [1.54, 1.807) is 0 Å². The van der Waals surface area contributed by atoms with Crippen molar-refractivity contribution in [1.29, 1.82) is 0 Å². The van der Waals surface area contributed by atoms with Crippen LogP contribution in [0.2, 0.25) is 5.02 Å². The van der Waals surface area contributed by atoms with Gasteiger partial charge in [0.25, 0.3) is 0 Å². The number of carboxylic acid groups (broad SMARTS) is 1.